The Morgan fingerprint density at radius 1 is 1.17 bits per heavy atom. The largest absolute Gasteiger partial charge is 0.493 e. The second kappa shape index (κ2) is 5.31. The average molecular weight is 248 g/mol. The Balaban J connectivity index is 2.77. The summed E-state index contributed by atoms with van der Waals surface area (Å²) in [5.41, 5.74) is 0.765. The fourth-order valence-corrected chi connectivity index (χ4v) is 1.49. The maximum Gasteiger partial charge on any atom is 0.337 e. The van der Waals surface area contributed by atoms with Gasteiger partial charge in [0.05, 0.1) is 32.5 Å². The van der Waals surface area contributed by atoms with E-state index in [9.17, 15) is 4.79 Å². The van der Waals surface area contributed by atoms with Gasteiger partial charge in [-0.25, -0.2) is 4.79 Å². The van der Waals surface area contributed by atoms with Crippen LogP contribution in [0.2, 0.25) is 0 Å². The van der Waals surface area contributed by atoms with Crippen LogP contribution in [0.3, 0.4) is 0 Å². The van der Waals surface area contributed by atoms with Crippen molar-refractivity contribution in [1.82, 2.24) is 0 Å². The summed E-state index contributed by atoms with van der Waals surface area (Å²) in [5.74, 6) is 0.779. The summed E-state index contributed by atoms with van der Waals surface area (Å²) in [6.45, 7) is 0.427. The molecule has 6 heteroatoms. The summed E-state index contributed by atoms with van der Waals surface area (Å²) in [7, 11) is 2.97. The number of azo groups is 1. The van der Waals surface area contributed by atoms with Crippen molar-refractivity contribution in [1.29, 1.82) is 0 Å². The van der Waals surface area contributed by atoms with E-state index in [2.05, 4.69) is 10.2 Å². The predicted octanol–water partition coefficient (Wildman–Crippen LogP) is 2.38. The highest BCUT2D eigenvalue weighted by molar-refractivity contribution is 5.42. The van der Waals surface area contributed by atoms with Crippen molar-refractivity contribution in [2.75, 3.05) is 14.2 Å². The quantitative estimate of drug-likeness (QED) is 0.805. The summed E-state index contributed by atoms with van der Waals surface area (Å²) >= 11 is 0. The van der Waals surface area contributed by atoms with Gasteiger partial charge in [0.1, 0.15) is 6.26 Å². The van der Waals surface area contributed by atoms with Crippen LogP contribution in [0.5, 0.6) is 11.5 Å². The van der Waals surface area contributed by atoms with Crippen LogP contribution in [0.25, 0.3) is 0 Å². The standard InChI is InChI=1S/C12H12N2O4/c1-16-10-4-8-3-9(14-13-6-8)5-12(15)18-7-11(10)17-2/h3-5,7H,6H2,1-2H3. The van der Waals surface area contributed by atoms with Crippen LogP contribution in [0.1, 0.15) is 5.56 Å². The van der Waals surface area contributed by atoms with Gasteiger partial charge in [0.25, 0.3) is 0 Å². The molecule has 0 aromatic carbocycles. The SMILES string of the molecule is COc1coc(=O)cc2cc(cc1OC)CN=N2. The summed E-state index contributed by atoms with van der Waals surface area (Å²) < 4.78 is 15.2. The van der Waals surface area contributed by atoms with Crippen LogP contribution in [-0.4, -0.2) is 14.2 Å². The van der Waals surface area contributed by atoms with Gasteiger partial charge in [0, 0.05) is 0 Å². The maximum atomic E-state index is 11.5. The minimum absolute atomic E-state index is 0.325. The lowest BCUT2D eigenvalue weighted by molar-refractivity contribution is 0.342. The fraction of sp³-hybridized carbons (Fsp3) is 0.250. The molecule has 2 rings (SSSR count). The number of methoxy groups -OCH3 is 2. The van der Waals surface area contributed by atoms with E-state index in [0.29, 0.717) is 23.7 Å². The monoisotopic (exact) mass is 248 g/mol. The Hall–Kier alpha value is -2.37. The van der Waals surface area contributed by atoms with E-state index in [-0.39, 0.29) is 0 Å². The summed E-state index contributed by atoms with van der Waals surface area (Å²) in [6.07, 6.45) is 1.20. The van der Waals surface area contributed by atoms with Crippen LogP contribution < -0.4 is 15.1 Å². The van der Waals surface area contributed by atoms with Gasteiger partial charge in [0.15, 0.2) is 11.5 Å². The fourth-order valence-electron chi connectivity index (χ4n) is 1.49. The van der Waals surface area contributed by atoms with Gasteiger partial charge in [-0.05, 0) is 17.7 Å². The third kappa shape index (κ3) is 2.65. The number of rotatable bonds is 2. The molecule has 0 N–H and O–H groups in total. The minimum atomic E-state index is -0.548. The number of hydrogen-bond donors (Lipinski definition) is 0. The number of nitrogens with zero attached hydrogens (tertiary/aromatic N) is 2. The van der Waals surface area contributed by atoms with Crippen molar-refractivity contribution in [3.8, 4) is 11.5 Å². The molecule has 1 aliphatic rings. The first kappa shape index (κ1) is 12.1. The molecule has 0 amide bonds. The zero-order valence-electron chi connectivity index (χ0n) is 10.0. The second-order valence-corrected chi connectivity index (χ2v) is 3.52. The highest BCUT2D eigenvalue weighted by atomic mass is 16.5. The molecule has 0 atom stereocenters. The lowest BCUT2D eigenvalue weighted by Crippen LogP contribution is -1.95. The third-order valence-electron chi connectivity index (χ3n) is 2.32. The molecule has 1 aliphatic heterocycles. The van der Waals surface area contributed by atoms with E-state index in [1.54, 1.807) is 12.1 Å². The molecule has 18 heavy (non-hydrogen) atoms. The first-order valence-corrected chi connectivity index (χ1v) is 5.23. The van der Waals surface area contributed by atoms with Gasteiger partial charge in [-0.2, -0.15) is 10.2 Å². The van der Waals surface area contributed by atoms with Crippen molar-refractivity contribution in [2.24, 2.45) is 10.2 Å². The van der Waals surface area contributed by atoms with Crippen molar-refractivity contribution >= 4 is 5.69 Å². The Morgan fingerprint density at radius 2 is 1.94 bits per heavy atom. The van der Waals surface area contributed by atoms with Gasteiger partial charge in [-0.3, -0.25) is 0 Å². The van der Waals surface area contributed by atoms with Crippen LogP contribution in [0.15, 0.2) is 43.9 Å². The molecule has 94 valence electrons. The maximum absolute atomic E-state index is 11.5. The molecule has 1 aromatic rings. The molecule has 0 fully saturated rings. The zero-order valence-corrected chi connectivity index (χ0v) is 10.0. The highest BCUT2D eigenvalue weighted by Gasteiger charge is 2.05. The Morgan fingerprint density at radius 3 is 2.67 bits per heavy atom. The van der Waals surface area contributed by atoms with E-state index in [1.807, 2.05) is 0 Å². The molecular weight excluding hydrogens is 236 g/mol. The Labute approximate surface area is 103 Å². The van der Waals surface area contributed by atoms with Gasteiger partial charge in [-0.15, -0.1) is 0 Å². The Bertz CT molecular complexity index is 591. The first-order valence-electron chi connectivity index (χ1n) is 5.23. The summed E-state index contributed by atoms with van der Waals surface area (Å²) in [4.78, 5) is 11.5. The molecule has 0 saturated carbocycles. The molecule has 0 unspecified atom stereocenters. The van der Waals surface area contributed by atoms with E-state index in [1.165, 1.54) is 26.5 Å². The molecule has 0 aliphatic carbocycles. The number of hydrogen-bond acceptors (Lipinski definition) is 6. The highest BCUT2D eigenvalue weighted by Crippen LogP contribution is 2.26. The lowest BCUT2D eigenvalue weighted by Gasteiger charge is -2.06. The average Bonchev–Trinajstić information content (AvgIpc) is 2.37. The first-order chi connectivity index (χ1) is 8.72. The smallest absolute Gasteiger partial charge is 0.337 e. The zero-order chi connectivity index (χ0) is 13.0. The van der Waals surface area contributed by atoms with E-state index in [0.717, 1.165) is 5.56 Å². The van der Waals surface area contributed by atoms with E-state index >= 15 is 0 Å². The predicted molar refractivity (Wildman–Crippen MR) is 63.9 cm³/mol. The van der Waals surface area contributed by atoms with Gasteiger partial charge in [-0.1, -0.05) is 0 Å². The molecule has 2 bridgehead atoms. The Kier molecular flexibility index (Phi) is 3.57. The van der Waals surface area contributed by atoms with Crippen molar-refractivity contribution in [2.45, 2.75) is 6.54 Å². The lowest BCUT2D eigenvalue weighted by atomic mass is 10.2. The van der Waals surface area contributed by atoms with E-state index in [4.69, 9.17) is 13.9 Å². The van der Waals surface area contributed by atoms with Crippen LogP contribution in [-0.2, 0) is 6.54 Å². The van der Waals surface area contributed by atoms with Crippen molar-refractivity contribution in [3.05, 3.63) is 40.4 Å². The van der Waals surface area contributed by atoms with Gasteiger partial charge < -0.3 is 13.9 Å². The molecular formula is C12H12N2O4. The topological polar surface area (TPSA) is 73.4 Å². The summed E-state index contributed by atoms with van der Waals surface area (Å²) in [5, 5.41) is 7.76. The molecule has 0 radical (unpaired) electrons. The van der Waals surface area contributed by atoms with Gasteiger partial charge in [0.2, 0.25) is 0 Å². The minimum Gasteiger partial charge on any atom is -0.493 e. The third-order valence-corrected chi connectivity index (χ3v) is 2.32. The normalized spacial score (nSPS) is 11.7. The van der Waals surface area contributed by atoms with Crippen molar-refractivity contribution in [3.63, 3.8) is 0 Å². The van der Waals surface area contributed by atoms with Gasteiger partial charge >= 0.3 is 5.63 Å². The van der Waals surface area contributed by atoms with Crippen LogP contribution >= 0.6 is 0 Å². The van der Waals surface area contributed by atoms with Crippen molar-refractivity contribution < 1.29 is 13.9 Å². The number of ether oxygens (including phenoxy) is 2. The second-order valence-electron chi connectivity index (χ2n) is 3.52. The summed E-state index contributed by atoms with van der Waals surface area (Å²) in [6, 6.07) is 4.77. The molecule has 0 saturated heterocycles. The molecule has 0 spiro atoms. The molecule has 1 aromatic heterocycles. The molecule has 6 nitrogen and oxygen atoms in total. The molecule has 2 heterocycles. The van der Waals surface area contributed by atoms with Crippen LogP contribution in [0, 0.1) is 0 Å². The number of fused-ring (bicyclic) bond motifs is 2. The van der Waals surface area contributed by atoms with Crippen LogP contribution in [0.4, 0.5) is 5.69 Å². The van der Waals surface area contributed by atoms with E-state index < -0.39 is 5.63 Å².